The van der Waals surface area contributed by atoms with Gasteiger partial charge in [-0.25, -0.2) is 33.4 Å². The van der Waals surface area contributed by atoms with E-state index < -0.39 is 11.5 Å². The summed E-state index contributed by atoms with van der Waals surface area (Å²) in [4.78, 5) is 33.1. The van der Waals surface area contributed by atoms with Crippen molar-refractivity contribution in [3.63, 3.8) is 0 Å². The lowest BCUT2D eigenvalue weighted by Gasteiger charge is -2.40. The number of nitrogens with zero attached hydrogens (tertiary/aromatic N) is 10. The summed E-state index contributed by atoms with van der Waals surface area (Å²) < 4.78 is 23.3. The summed E-state index contributed by atoms with van der Waals surface area (Å²) in [6.07, 6.45) is 7.62. The Labute approximate surface area is 255 Å². The molecule has 3 aromatic heterocycles. The number of nitriles is 1. The highest BCUT2D eigenvalue weighted by molar-refractivity contribution is 5.69. The van der Waals surface area contributed by atoms with Gasteiger partial charge in [-0.05, 0) is 42.7 Å². The molecule has 2 fully saturated rings. The summed E-state index contributed by atoms with van der Waals surface area (Å²) in [6.45, 7) is 10.3. The highest BCUT2D eigenvalue weighted by atomic mass is 19.1. The van der Waals surface area contributed by atoms with Crippen LogP contribution in [0.15, 0.2) is 54.0 Å². The largest absolute Gasteiger partial charge is 0.379 e. The first-order valence-corrected chi connectivity index (χ1v) is 14.9. The molecule has 2 aliphatic rings. The van der Waals surface area contributed by atoms with Crippen molar-refractivity contribution in [2.45, 2.75) is 32.9 Å². The topological polar surface area (TPSA) is 121 Å². The van der Waals surface area contributed by atoms with E-state index in [9.17, 15) is 10.1 Å². The van der Waals surface area contributed by atoms with Crippen LogP contribution in [-0.4, -0.2) is 92.7 Å². The van der Waals surface area contributed by atoms with E-state index in [0.29, 0.717) is 74.4 Å². The number of anilines is 2. The van der Waals surface area contributed by atoms with Crippen LogP contribution in [0.3, 0.4) is 0 Å². The summed E-state index contributed by atoms with van der Waals surface area (Å²) in [7, 11) is 0. The van der Waals surface area contributed by atoms with E-state index in [-0.39, 0.29) is 11.7 Å². The lowest BCUT2D eigenvalue weighted by molar-refractivity contribution is 0.0358. The normalized spacial score (nSPS) is 17.5. The number of hydrogen-bond acceptors (Lipinski definition) is 10. The zero-order valence-corrected chi connectivity index (χ0v) is 24.9. The first-order valence-electron chi connectivity index (χ1n) is 14.9. The fourth-order valence-electron chi connectivity index (χ4n) is 5.67. The average Bonchev–Trinajstić information content (AvgIpc) is 3.43. The summed E-state index contributed by atoms with van der Waals surface area (Å²) in [6, 6.07) is 8.70. The predicted octanol–water partition coefficient (Wildman–Crippen LogP) is 2.51. The molecule has 0 saturated carbocycles. The Balaban J connectivity index is 1.16. The number of morpholine rings is 1. The summed E-state index contributed by atoms with van der Waals surface area (Å²) in [5, 5.41) is 14.2. The van der Waals surface area contributed by atoms with Crippen LogP contribution in [0.1, 0.15) is 25.0 Å². The maximum atomic E-state index is 15.4. The third-order valence-corrected chi connectivity index (χ3v) is 8.28. The summed E-state index contributed by atoms with van der Waals surface area (Å²) >= 11 is 0. The zero-order chi connectivity index (χ0) is 30.6. The third-order valence-electron chi connectivity index (χ3n) is 8.28. The fourth-order valence-corrected chi connectivity index (χ4v) is 5.67. The van der Waals surface area contributed by atoms with E-state index in [2.05, 4.69) is 54.7 Å². The van der Waals surface area contributed by atoms with Gasteiger partial charge in [0, 0.05) is 69.5 Å². The van der Waals surface area contributed by atoms with Crippen molar-refractivity contribution in [3.05, 3.63) is 76.6 Å². The molecule has 12 nitrogen and oxygen atoms in total. The van der Waals surface area contributed by atoms with E-state index in [1.807, 2.05) is 12.4 Å². The molecule has 2 aliphatic heterocycles. The number of piperazine rings is 1. The molecule has 0 spiro atoms. The number of aromatic nitrogens is 6. The van der Waals surface area contributed by atoms with Crippen LogP contribution in [0.4, 0.5) is 16.2 Å². The molecule has 13 heteroatoms. The van der Waals surface area contributed by atoms with Crippen LogP contribution >= 0.6 is 0 Å². The molecule has 2 saturated heterocycles. The molecule has 4 aromatic rings. The second kappa shape index (κ2) is 12.9. The van der Waals surface area contributed by atoms with E-state index in [0.717, 1.165) is 25.1 Å². The van der Waals surface area contributed by atoms with Crippen LogP contribution in [-0.2, 0) is 17.7 Å². The smallest absolute Gasteiger partial charge is 0.350 e. The van der Waals surface area contributed by atoms with Gasteiger partial charge < -0.3 is 14.5 Å². The molecule has 5 heterocycles. The molecular formula is C31H35FN10O2. The number of aryl methyl sites for hydroxylation is 1. The van der Waals surface area contributed by atoms with Gasteiger partial charge in [0.1, 0.15) is 24.0 Å². The van der Waals surface area contributed by atoms with E-state index >= 15 is 4.39 Å². The third kappa shape index (κ3) is 6.04. The monoisotopic (exact) mass is 598 g/mol. The molecule has 6 rings (SSSR count). The molecule has 44 heavy (non-hydrogen) atoms. The van der Waals surface area contributed by atoms with Gasteiger partial charge in [0.2, 0.25) is 5.95 Å². The summed E-state index contributed by atoms with van der Waals surface area (Å²) in [5.74, 6) is 0.725. The molecule has 0 aliphatic carbocycles. The predicted molar refractivity (Wildman–Crippen MR) is 163 cm³/mol. The Kier molecular flexibility index (Phi) is 8.63. The number of pyridine rings is 1. The first kappa shape index (κ1) is 29.4. The highest BCUT2D eigenvalue weighted by Crippen LogP contribution is 2.29. The molecular weight excluding hydrogens is 563 g/mol. The number of rotatable bonds is 8. The second-order valence-electron chi connectivity index (χ2n) is 11.1. The van der Waals surface area contributed by atoms with Gasteiger partial charge in [-0.1, -0.05) is 13.0 Å². The van der Waals surface area contributed by atoms with Crippen molar-refractivity contribution >= 4 is 11.8 Å². The molecule has 0 amide bonds. The lowest BCUT2D eigenvalue weighted by atomic mass is 10.0. The van der Waals surface area contributed by atoms with Crippen molar-refractivity contribution in [2.75, 3.05) is 62.3 Å². The minimum absolute atomic E-state index is 0.0634. The number of halogens is 1. The van der Waals surface area contributed by atoms with E-state index in [1.54, 1.807) is 24.4 Å². The molecule has 228 valence electrons. The molecule has 0 N–H and O–H groups in total. The van der Waals surface area contributed by atoms with Gasteiger partial charge in [0.05, 0.1) is 31.0 Å². The number of hydrogen-bond donors (Lipinski definition) is 0. The van der Waals surface area contributed by atoms with Gasteiger partial charge in [0.25, 0.3) is 0 Å². The van der Waals surface area contributed by atoms with Gasteiger partial charge in [-0.3, -0.25) is 4.90 Å². The Bertz CT molecular complexity index is 1710. The zero-order valence-electron chi connectivity index (χ0n) is 24.9. The Morgan fingerprint density at radius 3 is 2.52 bits per heavy atom. The SMILES string of the molecule is CCc1cnc(N2CCN(c3ncc(-c4ccc(-n5cnn(CCN6CCOCC6)c5=O)c(F)c4)cc3C#N)[C@@H](C)C2)nc1. The highest BCUT2D eigenvalue weighted by Gasteiger charge is 2.28. The van der Waals surface area contributed by atoms with Gasteiger partial charge in [-0.15, -0.1) is 0 Å². The first-order chi connectivity index (χ1) is 21.4. The maximum Gasteiger partial charge on any atom is 0.350 e. The minimum Gasteiger partial charge on any atom is -0.379 e. The van der Waals surface area contributed by atoms with Gasteiger partial charge in [-0.2, -0.15) is 10.4 Å². The standard InChI is InChI=1S/C31H35FN10O2/c1-3-23-17-35-30(36-18-23)39-7-8-40(22(2)20-39)29-25(16-33)14-26(19-34-29)24-4-5-28(27(32)15-24)41-21-37-42(31(41)43)9-6-38-10-12-44-13-11-38/h4-5,14-15,17-19,21-22H,3,6-13,20H2,1-2H3/t22-/m0/s1. The van der Waals surface area contributed by atoms with E-state index in [4.69, 9.17) is 4.74 Å². The van der Waals surface area contributed by atoms with Crippen LogP contribution in [0.5, 0.6) is 0 Å². The van der Waals surface area contributed by atoms with Crippen molar-refractivity contribution in [2.24, 2.45) is 0 Å². The van der Waals surface area contributed by atoms with Crippen LogP contribution in [0.25, 0.3) is 16.8 Å². The molecule has 1 aromatic carbocycles. The van der Waals surface area contributed by atoms with Crippen LogP contribution in [0, 0.1) is 17.1 Å². The second-order valence-corrected chi connectivity index (χ2v) is 11.1. The summed E-state index contributed by atoms with van der Waals surface area (Å²) in [5.41, 5.74) is 2.38. The van der Waals surface area contributed by atoms with Crippen molar-refractivity contribution in [3.8, 4) is 22.9 Å². The Morgan fingerprint density at radius 2 is 1.82 bits per heavy atom. The number of benzene rings is 1. The van der Waals surface area contributed by atoms with Crippen molar-refractivity contribution in [1.29, 1.82) is 5.26 Å². The van der Waals surface area contributed by atoms with Gasteiger partial charge in [0.15, 0.2) is 0 Å². The average molecular weight is 599 g/mol. The lowest BCUT2D eigenvalue weighted by Crippen LogP contribution is -2.53. The Hall–Kier alpha value is -4.67. The van der Waals surface area contributed by atoms with Crippen molar-refractivity contribution in [1.82, 2.24) is 34.2 Å². The van der Waals surface area contributed by atoms with E-state index in [1.165, 1.54) is 21.6 Å². The molecule has 0 radical (unpaired) electrons. The minimum atomic E-state index is -0.571. The van der Waals surface area contributed by atoms with Crippen LogP contribution < -0.4 is 15.5 Å². The maximum absolute atomic E-state index is 15.4. The van der Waals surface area contributed by atoms with Gasteiger partial charge >= 0.3 is 5.69 Å². The fraction of sp³-hybridized carbons (Fsp3) is 0.419. The molecule has 0 bridgehead atoms. The van der Waals surface area contributed by atoms with Crippen molar-refractivity contribution < 1.29 is 9.13 Å². The Morgan fingerprint density at radius 1 is 1.02 bits per heavy atom. The van der Waals surface area contributed by atoms with Crippen LogP contribution in [0.2, 0.25) is 0 Å². The molecule has 1 atom stereocenters. The quantitative estimate of drug-likeness (QED) is 0.299. The molecule has 0 unspecified atom stereocenters. The number of ether oxygens (including phenoxy) is 1.